The fourth-order valence-electron chi connectivity index (χ4n) is 1.70. The van der Waals surface area contributed by atoms with Gasteiger partial charge in [0, 0.05) is 19.8 Å². The van der Waals surface area contributed by atoms with Crippen LogP contribution in [0.3, 0.4) is 0 Å². The van der Waals surface area contributed by atoms with Crippen LogP contribution in [0.25, 0.3) is 0 Å². The highest BCUT2D eigenvalue weighted by Crippen LogP contribution is 2.20. The zero-order chi connectivity index (χ0) is 13.8. The molecule has 18 heavy (non-hydrogen) atoms. The third kappa shape index (κ3) is 3.43. The highest BCUT2D eigenvalue weighted by atomic mass is 16.5. The van der Waals surface area contributed by atoms with Crippen LogP contribution >= 0.6 is 0 Å². The van der Waals surface area contributed by atoms with Crippen molar-refractivity contribution in [2.24, 2.45) is 11.1 Å². The molecular formula is C13H21N3O2. The number of nitrogens with zero attached hydrogens (tertiary/aromatic N) is 2. The molecule has 1 amide bonds. The Hall–Kier alpha value is -1.62. The van der Waals surface area contributed by atoms with Crippen molar-refractivity contribution in [1.82, 2.24) is 9.88 Å². The number of pyridine rings is 1. The van der Waals surface area contributed by atoms with Gasteiger partial charge < -0.3 is 15.4 Å². The molecule has 2 N–H and O–H groups in total. The first-order valence-corrected chi connectivity index (χ1v) is 5.85. The van der Waals surface area contributed by atoms with E-state index >= 15 is 0 Å². The molecule has 0 spiro atoms. The Bertz CT molecular complexity index is 418. The van der Waals surface area contributed by atoms with Crippen molar-refractivity contribution in [3.63, 3.8) is 0 Å². The molecular weight excluding hydrogens is 230 g/mol. The molecule has 0 aliphatic rings. The smallest absolute Gasteiger partial charge is 0.257 e. The van der Waals surface area contributed by atoms with Crippen LogP contribution in [0.15, 0.2) is 18.5 Å². The third-order valence-electron chi connectivity index (χ3n) is 2.80. The van der Waals surface area contributed by atoms with E-state index in [-0.39, 0.29) is 11.3 Å². The van der Waals surface area contributed by atoms with E-state index < -0.39 is 0 Å². The summed E-state index contributed by atoms with van der Waals surface area (Å²) in [6.07, 6.45) is 3.12. The monoisotopic (exact) mass is 251 g/mol. The van der Waals surface area contributed by atoms with Crippen molar-refractivity contribution in [3.8, 4) is 5.75 Å². The molecule has 5 heteroatoms. The molecule has 1 rings (SSSR count). The highest BCUT2D eigenvalue weighted by molar-refractivity contribution is 5.96. The number of hydrogen-bond acceptors (Lipinski definition) is 4. The second-order valence-corrected chi connectivity index (χ2v) is 5.11. The number of nitrogens with two attached hydrogens (primary N) is 1. The summed E-state index contributed by atoms with van der Waals surface area (Å²) in [6.45, 7) is 5.17. The summed E-state index contributed by atoms with van der Waals surface area (Å²) in [5.74, 6) is 0.399. The molecule has 5 nitrogen and oxygen atoms in total. The Labute approximate surface area is 108 Å². The molecule has 0 aliphatic carbocycles. The van der Waals surface area contributed by atoms with Crippen LogP contribution in [0, 0.1) is 5.41 Å². The summed E-state index contributed by atoms with van der Waals surface area (Å²) < 4.78 is 5.14. The van der Waals surface area contributed by atoms with E-state index in [4.69, 9.17) is 10.5 Å². The van der Waals surface area contributed by atoms with Gasteiger partial charge in [-0.05, 0) is 18.0 Å². The van der Waals surface area contributed by atoms with Crippen molar-refractivity contribution < 1.29 is 9.53 Å². The molecule has 0 bridgehead atoms. The van der Waals surface area contributed by atoms with Gasteiger partial charge in [-0.25, -0.2) is 0 Å². The van der Waals surface area contributed by atoms with E-state index in [9.17, 15) is 4.79 Å². The molecule has 0 aromatic carbocycles. The Kier molecular flexibility index (Phi) is 4.67. The van der Waals surface area contributed by atoms with E-state index in [2.05, 4.69) is 4.98 Å². The van der Waals surface area contributed by atoms with Crippen LogP contribution in [-0.4, -0.2) is 43.0 Å². The second-order valence-electron chi connectivity index (χ2n) is 5.11. The van der Waals surface area contributed by atoms with Gasteiger partial charge in [0.2, 0.25) is 0 Å². The maximum Gasteiger partial charge on any atom is 0.257 e. The molecule has 100 valence electrons. The molecule has 0 radical (unpaired) electrons. The first-order chi connectivity index (χ1) is 8.41. The van der Waals surface area contributed by atoms with E-state index in [1.807, 2.05) is 13.8 Å². The first-order valence-electron chi connectivity index (χ1n) is 5.85. The van der Waals surface area contributed by atoms with Gasteiger partial charge in [0.1, 0.15) is 5.75 Å². The number of ether oxygens (including phenoxy) is 1. The van der Waals surface area contributed by atoms with Gasteiger partial charge in [0.25, 0.3) is 5.91 Å². The summed E-state index contributed by atoms with van der Waals surface area (Å²) in [4.78, 5) is 17.9. The second kappa shape index (κ2) is 5.82. The van der Waals surface area contributed by atoms with E-state index in [1.165, 1.54) is 13.3 Å². The average molecular weight is 251 g/mol. The van der Waals surface area contributed by atoms with E-state index in [1.54, 1.807) is 24.2 Å². The number of hydrogen-bond donors (Lipinski definition) is 1. The van der Waals surface area contributed by atoms with Crippen LogP contribution in [0.4, 0.5) is 0 Å². The number of methoxy groups -OCH3 is 1. The van der Waals surface area contributed by atoms with Gasteiger partial charge in [0.05, 0.1) is 18.9 Å². The molecule has 0 saturated heterocycles. The van der Waals surface area contributed by atoms with Crippen LogP contribution in [-0.2, 0) is 0 Å². The summed E-state index contributed by atoms with van der Waals surface area (Å²) >= 11 is 0. The van der Waals surface area contributed by atoms with Crippen molar-refractivity contribution in [1.29, 1.82) is 0 Å². The average Bonchev–Trinajstić information content (AvgIpc) is 2.37. The minimum atomic E-state index is -0.106. The predicted octanol–water partition coefficient (Wildman–Crippen LogP) is 1.15. The summed E-state index contributed by atoms with van der Waals surface area (Å²) in [5.41, 5.74) is 6.09. The van der Waals surface area contributed by atoms with Crippen LogP contribution in [0.2, 0.25) is 0 Å². The number of carbonyl (C=O) groups excluding carboxylic acids is 1. The minimum Gasteiger partial charge on any atom is -0.494 e. The Balaban J connectivity index is 2.87. The molecule has 0 saturated carbocycles. The third-order valence-corrected chi connectivity index (χ3v) is 2.80. The van der Waals surface area contributed by atoms with Crippen LogP contribution < -0.4 is 10.5 Å². The summed E-state index contributed by atoms with van der Waals surface area (Å²) in [7, 11) is 3.29. The molecule has 0 unspecified atom stereocenters. The maximum atomic E-state index is 12.3. The lowest BCUT2D eigenvalue weighted by atomic mass is 9.93. The zero-order valence-electron chi connectivity index (χ0n) is 11.4. The Morgan fingerprint density at radius 2 is 2.22 bits per heavy atom. The largest absolute Gasteiger partial charge is 0.494 e. The number of rotatable bonds is 5. The van der Waals surface area contributed by atoms with Gasteiger partial charge in [-0.3, -0.25) is 9.78 Å². The van der Waals surface area contributed by atoms with Crippen LogP contribution in [0.5, 0.6) is 5.75 Å². The lowest BCUT2D eigenvalue weighted by Crippen LogP contribution is -2.39. The Morgan fingerprint density at radius 1 is 1.56 bits per heavy atom. The number of aromatic nitrogens is 1. The number of carbonyl (C=O) groups is 1. The fourth-order valence-corrected chi connectivity index (χ4v) is 1.70. The Morgan fingerprint density at radius 3 is 2.78 bits per heavy atom. The predicted molar refractivity (Wildman–Crippen MR) is 70.6 cm³/mol. The van der Waals surface area contributed by atoms with Crippen molar-refractivity contribution >= 4 is 5.91 Å². The normalized spacial score (nSPS) is 11.2. The lowest BCUT2D eigenvalue weighted by Gasteiger charge is -2.29. The summed E-state index contributed by atoms with van der Waals surface area (Å²) in [6, 6.07) is 1.66. The quantitative estimate of drug-likeness (QED) is 0.852. The molecule has 1 aromatic heterocycles. The minimum absolute atomic E-state index is 0.0872. The lowest BCUT2D eigenvalue weighted by molar-refractivity contribution is 0.0737. The van der Waals surface area contributed by atoms with Gasteiger partial charge >= 0.3 is 0 Å². The van der Waals surface area contributed by atoms with Crippen LogP contribution in [0.1, 0.15) is 24.2 Å². The van der Waals surface area contributed by atoms with Crippen molar-refractivity contribution in [2.75, 3.05) is 27.2 Å². The first kappa shape index (κ1) is 14.4. The van der Waals surface area contributed by atoms with Crippen molar-refractivity contribution in [3.05, 3.63) is 24.0 Å². The van der Waals surface area contributed by atoms with Gasteiger partial charge in [0.15, 0.2) is 0 Å². The molecule has 0 aliphatic heterocycles. The zero-order valence-corrected chi connectivity index (χ0v) is 11.4. The van der Waals surface area contributed by atoms with E-state index in [0.717, 1.165) is 0 Å². The van der Waals surface area contributed by atoms with Gasteiger partial charge in [-0.1, -0.05) is 13.8 Å². The molecule has 1 heterocycles. The standard InChI is InChI=1S/C13H21N3O2/c1-13(2,8-14)9-16(3)12(17)10-5-6-15-7-11(10)18-4/h5-7H,8-9,14H2,1-4H3. The SMILES string of the molecule is COc1cnccc1C(=O)N(C)CC(C)(C)CN. The maximum absolute atomic E-state index is 12.3. The molecule has 0 atom stereocenters. The van der Waals surface area contributed by atoms with Gasteiger partial charge in [-0.15, -0.1) is 0 Å². The van der Waals surface area contributed by atoms with Crippen molar-refractivity contribution in [2.45, 2.75) is 13.8 Å². The molecule has 1 aromatic rings. The van der Waals surface area contributed by atoms with E-state index in [0.29, 0.717) is 24.4 Å². The van der Waals surface area contributed by atoms with Gasteiger partial charge in [-0.2, -0.15) is 0 Å². The highest BCUT2D eigenvalue weighted by Gasteiger charge is 2.23. The topological polar surface area (TPSA) is 68.5 Å². The molecule has 0 fully saturated rings. The fraction of sp³-hybridized carbons (Fsp3) is 0.538. The summed E-state index contributed by atoms with van der Waals surface area (Å²) in [5, 5.41) is 0. The number of amides is 1.